The number of aromatic nitrogens is 1. The Morgan fingerprint density at radius 1 is 0.651 bits per heavy atom. The van der Waals surface area contributed by atoms with Gasteiger partial charge in [0.2, 0.25) is 29.5 Å². The van der Waals surface area contributed by atoms with Crippen LogP contribution in [0.3, 0.4) is 0 Å². The quantitative estimate of drug-likeness (QED) is 0.0221. The van der Waals surface area contributed by atoms with E-state index in [0.29, 0.717) is 22.2 Å². The standard InChI is InChI=1S/C45H48ClF2N9O6/c46-30-14-12-27(13-15-30)20-37(54-40(59)17-16-39(58)28-21-31(47)24-32(48)22-28)43(62)57-38(19-26-7-2-1-3-8-26)44(63)55-35(11-6-18-52-45(50)51)42(61)56-36(41(49)60)23-29-25-53-34-10-5-4-9-33(29)34/h1-5,7-10,12-15,21-22,24-25,35-38,53H,6,11,16-20,23H2,(H2,49,60)(H,54,59)(H,55,63)(H,56,61)(H,57,62)(H4,50,51,52)/t35-,36-,37-,38-/m0/s1. The second kappa shape index (κ2) is 22.6. The van der Waals surface area contributed by atoms with Gasteiger partial charge in [0, 0.05) is 72.4 Å². The molecule has 0 saturated heterocycles. The Hall–Kier alpha value is -7.14. The first-order chi connectivity index (χ1) is 30.1. The lowest BCUT2D eigenvalue weighted by molar-refractivity contribution is -0.134. The number of H-pyrrole nitrogens is 1. The summed E-state index contributed by atoms with van der Waals surface area (Å²) in [5.41, 5.74) is 19.3. The van der Waals surface area contributed by atoms with E-state index in [1.54, 1.807) is 60.8 Å². The molecule has 0 saturated carbocycles. The molecular formula is C45H48ClF2N9O6. The van der Waals surface area contributed by atoms with Crippen LogP contribution in [0, 0.1) is 11.6 Å². The average Bonchev–Trinajstić information content (AvgIpc) is 3.66. The van der Waals surface area contributed by atoms with Crippen molar-refractivity contribution in [2.45, 2.75) is 69.1 Å². The van der Waals surface area contributed by atoms with E-state index in [4.69, 9.17) is 28.8 Å². The number of carbonyl (C=O) groups is 6. The Labute approximate surface area is 366 Å². The maximum Gasteiger partial charge on any atom is 0.243 e. The third-order valence-corrected chi connectivity index (χ3v) is 10.3. The normalized spacial score (nSPS) is 12.9. The van der Waals surface area contributed by atoms with E-state index in [9.17, 15) is 37.5 Å². The van der Waals surface area contributed by atoms with Crippen molar-refractivity contribution < 1.29 is 37.5 Å². The lowest BCUT2D eigenvalue weighted by atomic mass is 10.0. The lowest BCUT2D eigenvalue weighted by Crippen LogP contribution is -2.59. The fourth-order valence-corrected chi connectivity index (χ4v) is 6.94. The van der Waals surface area contributed by atoms with Gasteiger partial charge in [0.1, 0.15) is 35.8 Å². The number of guanidine groups is 1. The Bertz CT molecular complexity index is 2420. The van der Waals surface area contributed by atoms with Crippen molar-refractivity contribution in [1.82, 2.24) is 26.3 Å². The molecule has 0 radical (unpaired) electrons. The van der Waals surface area contributed by atoms with E-state index >= 15 is 0 Å². The topological polar surface area (TPSA) is 257 Å². The summed E-state index contributed by atoms with van der Waals surface area (Å²) in [6, 6.07) is 19.9. The van der Waals surface area contributed by atoms with Crippen LogP contribution < -0.4 is 38.5 Å². The van der Waals surface area contributed by atoms with Gasteiger partial charge in [-0.3, -0.25) is 33.8 Å². The first-order valence-electron chi connectivity index (χ1n) is 20.0. The van der Waals surface area contributed by atoms with Crippen molar-refractivity contribution in [3.63, 3.8) is 0 Å². The number of primary amides is 1. The molecular weight excluding hydrogens is 836 g/mol. The smallest absolute Gasteiger partial charge is 0.243 e. The zero-order chi connectivity index (χ0) is 45.5. The van der Waals surface area contributed by atoms with Crippen molar-refractivity contribution in [2.75, 3.05) is 6.54 Å². The monoisotopic (exact) mass is 883 g/mol. The van der Waals surface area contributed by atoms with Crippen LogP contribution in [0.2, 0.25) is 5.02 Å². The van der Waals surface area contributed by atoms with Crippen molar-refractivity contribution >= 4 is 63.8 Å². The summed E-state index contributed by atoms with van der Waals surface area (Å²) >= 11 is 6.09. The van der Waals surface area contributed by atoms with Crippen LogP contribution in [0.15, 0.2) is 108 Å². The van der Waals surface area contributed by atoms with Crippen LogP contribution in [0.25, 0.3) is 10.9 Å². The largest absolute Gasteiger partial charge is 0.370 e. The number of amides is 5. The third kappa shape index (κ3) is 14.5. The maximum atomic E-state index is 14.3. The van der Waals surface area contributed by atoms with Crippen LogP contribution in [-0.2, 0) is 43.2 Å². The van der Waals surface area contributed by atoms with Gasteiger partial charge in [0.15, 0.2) is 11.7 Å². The molecule has 0 aliphatic heterocycles. The lowest BCUT2D eigenvalue weighted by Gasteiger charge is -2.26. The number of aromatic amines is 1. The Balaban J connectivity index is 1.36. The Morgan fingerprint density at radius 2 is 1.22 bits per heavy atom. The first kappa shape index (κ1) is 46.9. The molecule has 0 bridgehead atoms. The van der Waals surface area contributed by atoms with Crippen LogP contribution in [0.5, 0.6) is 0 Å². The van der Waals surface area contributed by atoms with E-state index in [2.05, 4.69) is 31.2 Å². The molecule has 0 fully saturated rings. The number of carbonyl (C=O) groups excluding carboxylic acids is 6. The summed E-state index contributed by atoms with van der Waals surface area (Å²) in [6.45, 7) is 0.109. The Morgan fingerprint density at radius 3 is 1.87 bits per heavy atom. The molecule has 0 aliphatic rings. The molecule has 5 rings (SSSR count). The predicted molar refractivity (Wildman–Crippen MR) is 234 cm³/mol. The number of benzene rings is 4. The molecule has 18 heteroatoms. The molecule has 1 heterocycles. The number of aliphatic imine (C=N–C) groups is 1. The van der Waals surface area contributed by atoms with Crippen molar-refractivity contribution in [2.24, 2.45) is 22.2 Å². The molecule has 4 aromatic carbocycles. The summed E-state index contributed by atoms with van der Waals surface area (Å²) in [6.07, 6.45) is 1.02. The van der Waals surface area contributed by atoms with Gasteiger partial charge in [-0.1, -0.05) is 72.3 Å². The number of Topliss-reactive ketones (excluding diaryl/α,β-unsaturated/α-hetero) is 1. The predicted octanol–water partition coefficient (Wildman–Crippen LogP) is 3.27. The summed E-state index contributed by atoms with van der Waals surface area (Å²) in [7, 11) is 0. The molecule has 0 unspecified atom stereocenters. The van der Waals surface area contributed by atoms with E-state index < -0.39 is 84.0 Å². The van der Waals surface area contributed by atoms with Crippen molar-refractivity contribution in [3.05, 3.63) is 142 Å². The minimum atomic E-state index is -1.32. The van der Waals surface area contributed by atoms with Gasteiger partial charge in [-0.2, -0.15) is 0 Å². The minimum absolute atomic E-state index is 0.00908. The van der Waals surface area contributed by atoms with Crippen molar-refractivity contribution in [3.8, 4) is 0 Å². The highest BCUT2D eigenvalue weighted by Gasteiger charge is 2.32. The fourth-order valence-electron chi connectivity index (χ4n) is 6.81. The number of nitrogens with one attached hydrogen (secondary N) is 5. The number of fused-ring (bicyclic) bond motifs is 1. The summed E-state index contributed by atoms with van der Waals surface area (Å²) in [5.74, 6) is -6.60. The number of para-hydroxylation sites is 1. The summed E-state index contributed by atoms with van der Waals surface area (Å²) < 4.78 is 27.5. The van der Waals surface area contributed by atoms with Gasteiger partial charge in [-0.25, -0.2) is 8.78 Å². The van der Waals surface area contributed by atoms with Gasteiger partial charge in [-0.05, 0) is 59.9 Å². The highest BCUT2D eigenvalue weighted by molar-refractivity contribution is 6.30. The highest BCUT2D eigenvalue weighted by atomic mass is 35.5. The van der Waals surface area contributed by atoms with Gasteiger partial charge in [-0.15, -0.1) is 0 Å². The molecule has 0 spiro atoms. The molecule has 63 heavy (non-hydrogen) atoms. The van der Waals surface area contributed by atoms with Crippen LogP contribution in [-0.4, -0.2) is 77.0 Å². The number of hydrogen-bond acceptors (Lipinski definition) is 7. The number of nitrogens with zero attached hydrogens (tertiary/aromatic N) is 1. The molecule has 11 N–H and O–H groups in total. The number of nitrogens with two attached hydrogens (primary N) is 3. The van der Waals surface area contributed by atoms with Crippen molar-refractivity contribution in [1.29, 1.82) is 0 Å². The second-order valence-electron chi connectivity index (χ2n) is 14.8. The molecule has 330 valence electrons. The molecule has 0 aliphatic carbocycles. The van der Waals surface area contributed by atoms with Gasteiger partial charge < -0.3 is 43.5 Å². The molecule has 4 atom stereocenters. The van der Waals surface area contributed by atoms with Gasteiger partial charge >= 0.3 is 0 Å². The zero-order valence-electron chi connectivity index (χ0n) is 34.0. The summed E-state index contributed by atoms with van der Waals surface area (Å²) in [4.78, 5) is 88.3. The number of hydrogen-bond donors (Lipinski definition) is 8. The second-order valence-corrected chi connectivity index (χ2v) is 15.3. The Kier molecular flexibility index (Phi) is 16.9. The van der Waals surface area contributed by atoms with E-state index in [-0.39, 0.29) is 50.2 Å². The van der Waals surface area contributed by atoms with Gasteiger partial charge in [0.25, 0.3) is 0 Å². The van der Waals surface area contributed by atoms with E-state index in [1.165, 1.54) is 0 Å². The fraction of sp³-hybridized carbons (Fsp3) is 0.267. The zero-order valence-corrected chi connectivity index (χ0v) is 34.8. The molecule has 5 aromatic rings. The molecule has 5 amide bonds. The third-order valence-electron chi connectivity index (χ3n) is 10.0. The van der Waals surface area contributed by atoms with Gasteiger partial charge in [0.05, 0.1) is 0 Å². The minimum Gasteiger partial charge on any atom is -0.370 e. The van der Waals surface area contributed by atoms with Crippen LogP contribution >= 0.6 is 11.6 Å². The molecule has 15 nitrogen and oxygen atoms in total. The average molecular weight is 884 g/mol. The molecule has 1 aromatic heterocycles. The van der Waals surface area contributed by atoms with Crippen LogP contribution in [0.4, 0.5) is 8.78 Å². The maximum absolute atomic E-state index is 14.3. The number of halogens is 3. The van der Waals surface area contributed by atoms with Crippen LogP contribution in [0.1, 0.15) is 52.7 Å². The number of rotatable bonds is 22. The summed E-state index contributed by atoms with van der Waals surface area (Å²) in [5, 5.41) is 12.0. The highest BCUT2D eigenvalue weighted by Crippen LogP contribution is 2.20. The first-order valence-corrected chi connectivity index (χ1v) is 20.4. The number of ketones is 1. The van der Waals surface area contributed by atoms with E-state index in [1.807, 2.05) is 24.3 Å². The SMILES string of the molecule is NC(=O)[C@H](Cc1c[nH]c2ccccc12)NC(=O)[C@H](CCCN=C(N)N)NC(=O)[C@H](Cc1ccccc1)NC(=O)[C@H](Cc1ccc(Cl)cc1)NC(=O)CCC(=O)c1cc(F)cc(F)c1. The van der Waals surface area contributed by atoms with E-state index in [0.717, 1.165) is 28.6 Å².